The molecule has 0 unspecified atom stereocenters. The number of aromatic nitrogens is 1. The van der Waals surface area contributed by atoms with Gasteiger partial charge in [0.05, 0.1) is 5.56 Å². The van der Waals surface area contributed by atoms with Crippen LogP contribution in [-0.2, 0) is 17.5 Å². The van der Waals surface area contributed by atoms with Crippen LogP contribution in [0.4, 0.5) is 13.2 Å². The quantitative estimate of drug-likeness (QED) is 0.464. The molecule has 0 fully saturated rings. The zero-order valence-electron chi connectivity index (χ0n) is 12.4. The minimum Gasteiger partial charge on any atom is -0.457 e. The summed E-state index contributed by atoms with van der Waals surface area (Å²) in [5.41, 5.74) is -1.24. The molecule has 8 heteroatoms. The van der Waals surface area contributed by atoms with Gasteiger partial charge in [0.2, 0.25) is 0 Å². The fourth-order valence-corrected chi connectivity index (χ4v) is 2.07. The van der Waals surface area contributed by atoms with Crippen LogP contribution >= 0.6 is 11.6 Å². The number of halogens is 4. The van der Waals surface area contributed by atoms with Crippen LogP contribution in [0.3, 0.4) is 0 Å². The zero-order valence-corrected chi connectivity index (χ0v) is 13.1. The van der Waals surface area contributed by atoms with Gasteiger partial charge in [0.1, 0.15) is 11.8 Å². The van der Waals surface area contributed by atoms with Gasteiger partial charge in [-0.2, -0.15) is 13.2 Å². The number of ether oxygens (including phenoxy) is 1. The Balaban J connectivity index is 2.19. The van der Waals surface area contributed by atoms with Crippen molar-refractivity contribution in [2.24, 2.45) is 0 Å². The number of nitrogens with zero attached hydrogens (tertiary/aromatic N) is 1. The van der Waals surface area contributed by atoms with E-state index in [1.54, 1.807) is 18.2 Å². The van der Waals surface area contributed by atoms with E-state index in [-0.39, 0.29) is 17.5 Å². The van der Waals surface area contributed by atoms with Gasteiger partial charge in [0.25, 0.3) is 0 Å². The molecule has 2 rings (SSSR count). The maximum atomic E-state index is 12.9. The van der Waals surface area contributed by atoms with Gasteiger partial charge in [-0.25, -0.2) is 9.78 Å². The molecule has 4 nitrogen and oxygen atoms in total. The van der Waals surface area contributed by atoms with Gasteiger partial charge in [-0.1, -0.05) is 29.8 Å². The predicted octanol–water partition coefficient (Wildman–Crippen LogP) is 4.31. The van der Waals surface area contributed by atoms with Crippen molar-refractivity contribution in [1.29, 1.82) is 0 Å². The summed E-state index contributed by atoms with van der Waals surface area (Å²) >= 11 is 5.45. The first-order valence-electron chi connectivity index (χ1n) is 6.69. The average Bonchev–Trinajstić information content (AvgIpc) is 2.52. The smallest absolute Gasteiger partial charge is 0.434 e. The minimum atomic E-state index is -4.84. The summed E-state index contributed by atoms with van der Waals surface area (Å²) < 4.78 is 43.7. The largest absolute Gasteiger partial charge is 0.457 e. The van der Waals surface area contributed by atoms with Gasteiger partial charge in [-0.15, -0.1) is 0 Å². The molecule has 0 aliphatic rings. The van der Waals surface area contributed by atoms with E-state index in [0.29, 0.717) is 11.1 Å². The lowest BCUT2D eigenvalue weighted by Crippen LogP contribution is -2.17. The normalized spacial score (nSPS) is 11.2. The van der Waals surface area contributed by atoms with Crippen molar-refractivity contribution >= 4 is 23.4 Å². The molecule has 0 aliphatic carbocycles. The Morgan fingerprint density at radius 2 is 1.92 bits per heavy atom. The molecule has 126 valence electrons. The maximum Gasteiger partial charge on any atom is 0.434 e. The topological polar surface area (TPSA) is 56.3 Å². The fourth-order valence-electron chi connectivity index (χ4n) is 1.92. The van der Waals surface area contributed by atoms with Crippen LogP contribution in [0.15, 0.2) is 36.4 Å². The van der Waals surface area contributed by atoms with Crippen molar-refractivity contribution in [3.05, 3.63) is 63.9 Å². The minimum absolute atomic E-state index is 0.176. The lowest BCUT2D eigenvalue weighted by Gasteiger charge is -2.12. The number of pyridine rings is 1. The number of carbonyl (C=O) groups excluding carboxylic acids is 2. The molecule has 0 saturated carbocycles. The second-order valence-electron chi connectivity index (χ2n) is 4.86. The van der Waals surface area contributed by atoms with Crippen LogP contribution in [0.2, 0.25) is 5.15 Å². The Morgan fingerprint density at radius 3 is 2.54 bits per heavy atom. The van der Waals surface area contributed by atoms with Crippen molar-refractivity contribution in [2.75, 3.05) is 0 Å². The molecule has 0 N–H and O–H groups in total. The highest BCUT2D eigenvalue weighted by molar-refractivity contribution is 6.29. The summed E-state index contributed by atoms with van der Waals surface area (Å²) in [4.78, 5) is 26.4. The monoisotopic (exact) mass is 357 g/mol. The van der Waals surface area contributed by atoms with Crippen LogP contribution in [0.1, 0.15) is 38.9 Å². The first kappa shape index (κ1) is 17.9. The van der Waals surface area contributed by atoms with E-state index in [0.717, 1.165) is 12.1 Å². The lowest BCUT2D eigenvalue weighted by atomic mass is 10.1. The number of benzene rings is 1. The standard InChI is InChI=1S/C16H11ClF3NO3/c1-9(22)11-4-2-3-10(7-11)8-24-15(23)12-5-6-13(17)21-14(12)16(18,19)20/h2-7H,8H2,1H3. The fraction of sp³-hybridized carbons (Fsp3) is 0.188. The Bertz CT molecular complexity index is 790. The SMILES string of the molecule is CC(=O)c1cccc(COC(=O)c2ccc(Cl)nc2C(F)(F)F)c1. The molecule has 0 bridgehead atoms. The molecule has 1 heterocycles. The molecule has 0 spiro atoms. The summed E-state index contributed by atoms with van der Waals surface area (Å²) in [6.45, 7) is 1.10. The molecule has 1 aromatic carbocycles. The van der Waals surface area contributed by atoms with Crippen molar-refractivity contribution in [3.8, 4) is 0 Å². The van der Waals surface area contributed by atoms with Crippen molar-refractivity contribution in [3.63, 3.8) is 0 Å². The number of ketones is 1. The highest BCUT2D eigenvalue weighted by Gasteiger charge is 2.38. The zero-order chi connectivity index (χ0) is 17.9. The van der Waals surface area contributed by atoms with Gasteiger partial charge >= 0.3 is 12.1 Å². The van der Waals surface area contributed by atoms with Crippen molar-refractivity contribution in [2.45, 2.75) is 19.7 Å². The molecule has 2 aromatic rings. The molecular weight excluding hydrogens is 347 g/mol. The van der Waals surface area contributed by atoms with Crippen molar-refractivity contribution in [1.82, 2.24) is 4.98 Å². The Morgan fingerprint density at radius 1 is 1.21 bits per heavy atom. The van der Waals surface area contributed by atoms with Gasteiger partial charge in [-0.05, 0) is 30.7 Å². The predicted molar refractivity (Wildman–Crippen MR) is 79.8 cm³/mol. The average molecular weight is 358 g/mol. The molecule has 24 heavy (non-hydrogen) atoms. The van der Waals surface area contributed by atoms with Gasteiger partial charge < -0.3 is 4.74 Å². The molecule has 0 aliphatic heterocycles. The number of hydrogen-bond donors (Lipinski definition) is 0. The second-order valence-corrected chi connectivity index (χ2v) is 5.25. The van der Waals surface area contributed by atoms with Crippen LogP contribution in [-0.4, -0.2) is 16.7 Å². The first-order valence-corrected chi connectivity index (χ1v) is 7.07. The number of carbonyl (C=O) groups is 2. The summed E-state index contributed by atoms with van der Waals surface area (Å²) in [6.07, 6.45) is -4.84. The van der Waals surface area contributed by atoms with Crippen LogP contribution in [0.25, 0.3) is 0 Å². The third-order valence-electron chi connectivity index (χ3n) is 3.05. The summed E-state index contributed by atoms with van der Waals surface area (Å²) in [5, 5.41) is -0.381. The van der Waals surface area contributed by atoms with Crippen LogP contribution < -0.4 is 0 Å². The third kappa shape index (κ3) is 4.32. The van der Waals surface area contributed by atoms with Gasteiger partial charge in [0, 0.05) is 5.56 Å². The summed E-state index contributed by atoms with van der Waals surface area (Å²) in [6, 6.07) is 8.24. The number of Topliss-reactive ketones (excluding diaryl/α,β-unsaturated/α-hetero) is 1. The number of hydrogen-bond acceptors (Lipinski definition) is 4. The molecular formula is C16H11ClF3NO3. The summed E-state index contributed by atoms with van der Waals surface area (Å²) in [5.74, 6) is -1.36. The van der Waals surface area contributed by atoms with E-state index in [2.05, 4.69) is 4.98 Å². The number of alkyl halides is 3. The van der Waals surface area contributed by atoms with E-state index in [1.807, 2.05) is 0 Å². The van der Waals surface area contributed by atoms with Crippen molar-refractivity contribution < 1.29 is 27.5 Å². The molecule has 0 atom stereocenters. The first-order chi connectivity index (χ1) is 11.2. The maximum absolute atomic E-state index is 12.9. The van der Waals surface area contributed by atoms with Gasteiger partial charge in [-0.3, -0.25) is 4.79 Å². The summed E-state index contributed by atoms with van der Waals surface area (Å²) in [7, 11) is 0. The molecule has 0 amide bonds. The van der Waals surface area contributed by atoms with E-state index < -0.39 is 23.4 Å². The van der Waals surface area contributed by atoms with Gasteiger partial charge in [0.15, 0.2) is 11.5 Å². The Hall–Kier alpha value is -2.41. The number of rotatable bonds is 4. The molecule has 0 saturated heterocycles. The second kappa shape index (κ2) is 7.00. The third-order valence-corrected chi connectivity index (χ3v) is 3.26. The molecule has 0 radical (unpaired) electrons. The molecule has 1 aromatic heterocycles. The van der Waals surface area contributed by atoms with Crippen LogP contribution in [0.5, 0.6) is 0 Å². The Kier molecular flexibility index (Phi) is 5.23. The Labute approximate surface area is 140 Å². The van der Waals surface area contributed by atoms with E-state index >= 15 is 0 Å². The lowest BCUT2D eigenvalue weighted by molar-refractivity contribution is -0.141. The van der Waals surface area contributed by atoms with E-state index in [1.165, 1.54) is 13.0 Å². The van der Waals surface area contributed by atoms with Crippen LogP contribution in [0, 0.1) is 0 Å². The highest BCUT2D eigenvalue weighted by Crippen LogP contribution is 2.31. The van der Waals surface area contributed by atoms with E-state index in [9.17, 15) is 22.8 Å². The van der Waals surface area contributed by atoms with E-state index in [4.69, 9.17) is 16.3 Å². The highest BCUT2D eigenvalue weighted by atomic mass is 35.5. The number of esters is 1.